The molecule has 0 spiro atoms. The first-order chi connectivity index (χ1) is 8.79. The Morgan fingerprint density at radius 2 is 2.00 bits per heavy atom. The number of nitrogens with zero attached hydrogens (tertiary/aromatic N) is 2. The Kier molecular flexibility index (Phi) is 3.74. The van der Waals surface area contributed by atoms with Crippen molar-refractivity contribution in [2.24, 2.45) is 5.92 Å². The van der Waals surface area contributed by atoms with Crippen molar-refractivity contribution in [2.75, 3.05) is 13.1 Å². The number of hydrogen-bond acceptors (Lipinski definition) is 2. The number of likely N-dealkylation sites (tertiary alicyclic amines) is 1. The minimum absolute atomic E-state index is 0.00491. The molecule has 1 heterocycles. The molecule has 2 bridgehead atoms. The van der Waals surface area contributed by atoms with Gasteiger partial charge in [0.05, 0.1) is 6.42 Å². The molecule has 5 nitrogen and oxygen atoms in total. The van der Waals surface area contributed by atoms with Crippen molar-refractivity contribution in [1.82, 2.24) is 9.80 Å². The Labute approximate surface area is 114 Å². The number of hydrogen-bond donors (Lipinski definition) is 1. The predicted molar refractivity (Wildman–Crippen MR) is 71.9 cm³/mol. The maximum Gasteiger partial charge on any atom is 0.320 e. The normalized spacial score (nSPS) is 25.7. The van der Waals surface area contributed by atoms with Gasteiger partial charge in [0.15, 0.2) is 0 Å². The molecule has 1 saturated carbocycles. The van der Waals surface area contributed by atoms with Gasteiger partial charge >= 0.3 is 12.0 Å². The van der Waals surface area contributed by atoms with E-state index in [1.54, 1.807) is 4.90 Å². The summed E-state index contributed by atoms with van der Waals surface area (Å²) in [6, 6.07) is 0.396. The lowest BCUT2D eigenvalue weighted by Gasteiger charge is -2.40. The quantitative estimate of drug-likeness (QED) is 0.853. The van der Waals surface area contributed by atoms with Gasteiger partial charge < -0.3 is 14.9 Å². The van der Waals surface area contributed by atoms with E-state index in [0.29, 0.717) is 12.0 Å². The zero-order chi connectivity index (χ0) is 14.2. The smallest absolute Gasteiger partial charge is 0.320 e. The Morgan fingerprint density at radius 3 is 2.42 bits per heavy atom. The van der Waals surface area contributed by atoms with E-state index in [4.69, 9.17) is 5.11 Å². The van der Waals surface area contributed by atoms with Crippen LogP contribution in [0.4, 0.5) is 4.79 Å². The fourth-order valence-electron chi connectivity index (χ4n) is 3.24. The molecule has 5 heteroatoms. The van der Waals surface area contributed by atoms with Gasteiger partial charge in [0.1, 0.15) is 0 Å². The Morgan fingerprint density at radius 1 is 1.32 bits per heavy atom. The van der Waals surface area contributed by atoms with Gasteiger partial charge in [-0.1, -0.05) is 0 Å². The van der Waals surface area contributed by atoms with E-state index in [0.717, 1.165) is 19.4 Å². The molecule has 108 valence electrons. The van der Waals surface area contributed by atoms with Crippen molar-refractivity contribution in [3.05, 3.63) is 0 Å². The monoisotopic (exact) mass is 268 g/mol. The molecule has 1 aliphatic carbocycles. The molecule has 2 amide bonds. The van der Waals surface area contributed by atoms with Crippen molar-refractivity contribution in [3.8, 4) is 0 Å². The highest BCUT2D eigenvalue weighted by Gasteiger charge is 2.43. The molecular weight excluding hydrogens is 244 g/mol. The van der Waals surface area contributed by atoms with E-state index in [9.17, 15) is 9.59 Å². The maximum atomic E-state index is 12.7. The molecule has 1 aliphatic heterocycles. The highest BCUT2D eigenvalue weighted by atomic mass is 16.4. The van der Waals surface area contributed by atoms with Crippen molar-refractivity contribution >= 4 is 12.0 Å². The van der Waals surface area contributed by atoms with Gasteiger partial charge in [-0.05, 0) is 46.0 Å². The summed E-state index contributed by atoms with van der Waals surface area (Å²) in [5.74, 6) is -0.194. The lowest BCUT2D eigenvalue weighted by molar-refractivity contribution is -0.137. The van der Waals surface area contributed by atoms with Crippen LogP contribution in [0.25, 0.3) is 0 Å². The van der Waals surface area contributed by atoms with Gasteiger partial charge in [0.2, 0.25) is 0 Å². The van der Waals surface area contributed by atoms with E-state index in [-0.39, 0.29) is 24.5 Å². The van der Waals surface area contributed by atoms with E-state index >= 15 is 0 Å². The largest absolute Gasteiger partial charge is 0.481 e. The fourth-order valence-corrected chi connectivity index (χ4v) is 3.24. The first-order valence-corrected chi connectivity index (χ1v) is 7.09. The lowest BCUT2D eigenvalue weighted by Crippen LogP contribution is -2.54. The van der Waals surface area contributed by atoms with E-state index in [1.807, 2.05) is 25.7 Å². The molecule has 0 radical (unpaired) electrons. The summed E-state index contributed by atoms with van der Waals surface area (Å²) >= 11 is 0. The summed E-state index contributed by atoms with van der Waals surface area (Å²) < 4.78 is 0. The van der Waals surface area contributed by atoms with Crippen molar-refractivity contribution in [1.29, 1.82) is 0 Å². The fraction of sp³-hybridized carbons (Fsp3) is 0.857. The summed E-state index contributed by atoms with van der Waals surface area (Å²) in [5, 5.41) is 8.83. The molecule has 2 atom stereocenters. The molecule has 1 N–H and O–H groups in total. The van der Waals surface area contributed by atoms with Crippen LogP contribution in [0.3, 0.4) is 0 Å². The SMILES string of the molecule is CC(C)(C)N(CCC(=O)O)C(=O)N1CC2CCC1C2. The number of carboxylic acids is 1. The molecule has 2 unspecified atom stereocenters. The van der Waals surface area contributed by atoms with E-state index in [2.05, 4.69) is 0 Å². The zero-order valence-corrected chi connectivity index (χ0v) is 12.1. The van der Waals surface area contributed by atoms with Crippen LogP contribution in [-0.2, 0) is 4.79 Å². The van der Waals surface area contributed by atoms with Gasteiger partial charge in [-0.25, -0.2) is 4.79 Å². The van der Waals surface area contributed by atoms with Gasteiger partial charge in [0, 0.05) is 24.7 Å². The highest BCUT2D eigenvalue weighted by molar-refractivity contribution is 5.77. The summed E-state index contributed by atoms with van der Waals surface area (Å²) in [5.41, 5.74) is -0.339. The summed E-state index contributed by atoms with van der Waals surface area (Å²) in [6.07, 6.45) is 3.47. The van der Waals surface area contributed by atoms with Crippen LogP contribution in [0.5, 0.6) is 0 Å². The van der Waals surface area contributed by atoms with Crippen LogP contribution in [0.15, 0.2) is 0 Å². The summed E-state index contributed by atoms with van der Waals surface area (Å²) in [6.45, 7) is 7.01. The topological polar surface area (TPSA) is 60.9 Å². The standard InChI is InChI=1S/C14H24N2O3/c1-14(2,3)16(7-6-12(17)18)13(19)15-9-10-4-5-11(15)8-10/h10-11H,4-9H2,1-3H3,(H,17,18). The number of carbonyl (C=O) groups is 2. The number of amides is 2. The first-order valence-electron chi connectivity index (χ1n) is 7.09. The second-order valence-corrected chi connectivity index (χ2v) is 6.73. The third-order valence-corrected chi connectivity index (χ3v) is 4.24. The Bertz CT molecular complexity index is 375. The number of carboxylic acid groups (broad SMARTS) is 1. The van der Waals surface area contributed by atoms with Gasteiger partial charge in [-0.2, -0.15) is 0 Å². The first kappa shape index (κ1) is 14.2. The second-order valence-electron chi connectivity index (χ2n) is 6.73. The van der Waals surface area contributed by atoms with Crippen LogP contribution in [0.2, 0.25) is 0 Å². The minimum atomic E-state index is -0.856. The number of rotatable bonds is 3. The second kappa shape index (κ2) is 5.02. The zero-order valence-electron chi connectivity index (χ0n) is 12.1. The summed E-state index contributed by atoms with van der Waals surface area (Å²) in [7, 11) is 0. The molecule has 0 aromatic carbocycles. The van der Waals surface area contributed by atoms with Crippen molar-refractivity contribution < 1.29 is 14.7 Å². The molecule has 2 rings (SSSR count). The van der Waals surface area contributed by atoms with Crippen LogP contribution in [-0.4, -0.2) is 51.6 Å². The number of urea groups is 1. The third kappa shape index (κ3) is 3.01. The molecule has 19 heavy (non-hydrogen) atoms. The maximum absolute atomic E-state index is 12.7. The molecule has 2 aliphatic rings. The van der Waals surface area contributed by atoms with E-state index < -0.39 is 5.97 Å². The third-order valence-electron chi connectivity index (χ3n) is 4.24. The van der Waals surface area contributed by atoms with E-state index in [1.165, 1.54) is 6.42 Å². The van der Waals surface area contributed by atoms with Crippen LogP contribution < -0.4 is 0 Å². The number of aliphatic carboxylic acids is 1. The summed E-state index contributed by atoms with van der Waals surface area (Å²) in [4.78, 5) is 27.1. The van der Waals surface area contributed by atoms with Crippen LogP contribution in [0, 0.1) is 5.92 Å². The predicted octanol–water partition coefficient (Wildman–Crippen LogP) is 2.17. The van der Waals surface area contributed by atoms with Gasteiger partial charge in [0.25, 0.3) is 0 Å². The molecule has 0 aromatic heterocycles. The van der Waals surface area contributed by atoms with Crippen LogP contribution >= 0.6 is 0 Å². The average molecular weight is 268 g/mol. The van der Waals surface area contributed by atoms with Crippen molar-refractivity contribution in [2.45, 2.75) is 58.0 Å². The van der Waals surface area contributed by atoms with Crippen LogP contribution in [0.1, 0.15) is 46.5 Å². The number of fused-ring (bicyclic) bond motifs is 2. The Balaban J connectivity index is 2.05. The molecular formula is C14H24N2O3. The highest BCUT2D eigenvalue weighted by Crippen LogP contribution is 2.38. The average Bonchev–Trinajstić information content (AvgIpc) is 2.88. The molecule has 1 saturated heterocycles. The number of piperidine rings is 1. The number of carbonyl (C=O) groups excluding carboxylic acids is 1. The molecule has 0 aromatic rings. The van der Waals surface area contributed by atoms with Gasteiger partial charge in [-0.15, -0.1) is 0 Å². The van der Waals surface area contributed by atoms with Crippen molar-refractivity contribution in [3.63, 3.8) is 0 Å². The Hall–Kier alpha value is -1.26. The molecule has 2 fully saturated rings. The van der Waals surface area contributed by atoms with Gasteiger partial charge in [-0.3, -0.25) is 4.79 Å². The lowest BCUT2D eigenvalue weighted by atomic mass is 10.1. The minimum Gasteiger partial charge on any atom is -0.481 e.